The van der Waals surface area contributed by atoms with Crippen molar-refractivity contribution < 1.29 is 58.7 Å². The molecule has 1 fully saturated rings. The molecule has 1 rings (SSSR count). The van der Waals surface area contributed by atoms with Crippen molar-refractivity contribution in [3.63, 3.8) is 0 Å². The van der Waals surface area contributed by atoms with Crippen molar-refractivity contribution in [3.05, 3.63) is 0 Å². The van der Waals surface area contributed by atoms with Crippen LogP contribution in [0.2, 0.25) is 0 Å². The van der Waals surface area contributed by atoms with Crippen LogP contribution in [0.15, 0.2) is 0 Å². The summed E-state index contributed by atoms with van der Waals surface area (Å²) in [6.45, 7) is 2.39. The van der Waals surface area contributed by atoms with E-state index in [-0.39, 0.29) is 6.42 Å². The highest BCUT2D eigenvalue weighted by Gasteiger charge is 2.45. The first-order valence-corrected chi connectivity index (χ1v) is 22.0. The van der Waals surface area contributed by atoms with E-state index in [0.717, 1.165) is 25.7 Å². The summed E-state index contributed by atoms with van der Waals surface area (Å²) in [5.41, 5.74) is 0. The van der Waals surface area contributed by atoms with Gasteiger partial charge in [0, 0.05) is 41.4 Å². The van der Waals surface area contributed by atoms with Gasteiger partial charge in [0.05, 0.1) is 25.4 Å². The summed E-state index contributed by atoms with van der Waals surface area (Å²) in [5, 5.41) is 55.4. The second kappa shape index (κ2) is 36.5. The second-order valence-corrected chi connectivity index (χ2v) is 14.8. The van der Waals surface area contributed by atoms with E-state index in [0.29, 0.717) is 6.42 Å². The van der Waals surface area contributed by atoms with Gasteiger partial charge in [0.15, 0.2) is 6.29 Å². The summed E-state index contributed by atoms with van der Waals surface area (Å²) in [6.07, 6.45) is 1.81. The number of nitrogens with one attached hydrogen (secondary N) is 1. The summed E-state index contributed by atoms with van der Waals surface area (Å²) in [7, 11) is -4.99. The van der Waals surface area contributed by atoms with Gasteiger partial charge in [-0.2, -0.15) is 0 Å². The maximum atomic E-state index is 12.8. The summed E-state index contributed by atoms with van der Waals surface area (Å²) in [4.78, 5) is 30.8. The zero-order valence-corrected chi connectivity index (χ0v) is 36.7. The van der Waals surface area contributed by atoms with Crippen LogP contribution in [0.5, 0.6) is 0 Å². The number of rotatable bonds is 22. The van der Waals surface area contributed by atoms with Crippen LogP contribution in [0.3, 0.4) is 0 Å². The van der Waals surface area contributed by atoms with Crippen molar-refractivity contribution in [2.45, 2.75) is 146 Å². The largest absolute Gasteiger partial charge is 0.469 e. The van der Waals surface area contributed by atoms with Gasteiger partial charge in [0.2, 0.25) is 0 Å². The lowest BCUT2D eigenvalue weighted by Gasteiger charge is -2.40. The molecule has 1 saturated heterocycles. The fraction of sp³-hybridized carbons (Fsp3) is 0.500. The first-order valence-electron chi connectivity index (χ1n) is 20.5. The topological polar surface area (TPSA) is 215 Å². The van der Waals surface area contributed by atoms with Crippen molar-refractivity contribution in [3.8, 4) is 142 Å². The third-order valence-electron chi connectivity index (χ3n) is 8.61. The Morgan fingerprint density at radius 3 is 1.44 bits per heavy atom. The van der Waals surface area contributed by atoms with Crippen LogP contribution in [0.4, 0.5) is 0 Å². The normalized spacial score (nSPS) is 17.7. The molecule has 1 heterocycles. The first kappa shape index (κ1) is 56.0. The van der Waals surface area contributed by atoms with Gasteiger partial charge in [-0.25, -0.2) is 4.57 Å². The van der Waals surface area contributed by atoms with Gasteiger partial charge in [0.1, 0.15) is 30.5 Å². The maximum Gasteiger partial charge on any atom is 0.469 e. The maximum absolute atomic E-state index is 12.8. The van der Waals surface area contributed by atoms with E-state index in [1.807, 2.05) is 0 Å². The van der Waals surface area contributed by atoms with Crippen molar-refractivity contribution in [1.82, 2.24) is 5.32 Å². The molecule has 0 bridgehead atoms. The van der Waals surface area contributed by atoms with Crippen molar-refractivity contribution in [2.24, 2.45) is 0 Å². The van der Waals surface area contributed by atoms with Crippen LogP contribution in [-0.4, -0.2) is 103 Å². The lowest BCUT2D eigenvalue weighted by atomic mass is 9.98. The smallest absolute Gasteiger partial charge is 0.390 e. The second-order valence-electron chi connectivity index (χ2n) is 13.6. The molecule has 0 saturated carbocycles. The first-order chi connectivity index (χ1) is 30.9. The van der Waals surface area contributed by atoms with Crippen LogP contribution in [-0.2, 0) is 23.4 Å². The van der Waals surface area contributed by atoms with E-state index in [1.165, 1.54) is 44.9 Å². The fourth-order valence-corrected chi connectivity index (χ4v) is 5.74. The highest BCUT2D eigenvalue weighted by atomic mass is 31.2. The van der Waals surface area contributed by atoms with E-state index in [2.05, 4.69) is 159 Å². The van der Waals surface area contributed by atoms with Gasteiger partial charge in [-0.1, -0.05) is 89.9 Å². The predicted octanol–water partition coefficient (Wildman–Crippen LogP) is 1.28. The molecule has 0 aliphatic carbocycles. The standard InChI is InChI=1S/C50H52NO12P/c1-3-5-7-9-11-13-15-17-18-19-20-21-22-23-24-25-26-27-29-31-33-35-37-39-45(53)51-42(40-61-50-49(57)48(56)47(55)44(63-50)41-62-64(58,59)60)46(54)43(52)38-36-34-32-30-28-16-14-12-10-8-6-4-2/h42-44,46-50,52,54-57H,4,6,8,10,12,14,16,28,30,32,34,36,38,40-41H2,1-2H3,(H,51,53)(H2,58,59,60)/t42-,43+,44?,46-,47-,48-,49?,50-/m0/s1. The van der Waals surface area contributed by atoms with Crippen LogP contribution < -0.4 is 5.32 Å². The van der Waals surface area contributed by atoms with E-state index in [4.69, 9.17) is 19.3 Å². The van der Waals surface area contributed by atoms with Crippen molar-refractivity contribution >= 4 is 13.7 Å². The third kappa shape index (κ3) is 29.3. The molecule has 0 aromatic rings. The van der Waals surface area contributed by atoms with Gasteiger partial charge in [-0.05, 0) is 108 Å². The Balaban J connectivity index is 2.85. The highest BCUT2D eigenvalue weighted by molar-refractivity contribution is 7.46. The molecule has 334 valence electrons. The van der Waals surface area contributed by atoms with Gasteiger partial charge in [-0.3, -0.25) is 9.32 Å². The molecule has 0 spiro atoms. The lowest BCUT2D eigenvalue weighted by molar-refractivity contribution is -0.302. The molecule has 64 heavy (non-hydrogen) atoms. The number of amides is 1. The van der Waals surface area contributed by atoms with Crippen molar-refractivity contribution in [1.29, 1.82) is 0 Å². The van der Waals surface area contributed by atoms with E-state index in [1.54, 1.807) is 6.92 Å². The Kier molecular flexibility index (Phi) is 32.0. The predicted molar refractivity (Wildman–Crippen MR) is 239 cm³/mol. The van der Waals surface area contributed by atoms with Gasteiger partial charge < -0.3 is 50.1 Å². The summed E-state index contributed by atoms with van der Waals surface area (Å²) in [5.74, 6) is 58.0. The van der Waals surface area contributed by atoms with Gasteiger partial charge in [0.25, 0.3) is 5.91 Å². The number of aliphatic hydroxyl groups is 5. The third-order valence-corrected chi connectivity index (χ3v) is 9.09. The molecule has 13 nitrogen and oxygen atoms in total. The number of unbranched alkanes of at least 4 members (excludes halogenated alkanes) is 11. The molecule has 8 atom stereocenters. The number of hydrogen-bond donors (Lipinski definition) is 8. The molecule has 0 radical (unpaired) electrons. The molecular weight excluding hydrogens is 838 g/mol. The quantitative estimate of drug-likeness (QED) is 0.0439. The highest BCUT2D eigenvalue weighted by Crippen LogP contribution is 2.37. The minimum atomic E-state index is -4.99. The van der Waals surface area contributed by atoms with Crippen LogP contribution in [0.1, 0.15) is 97.3 Å². The number of carbonyl (C=O) groups excluding carboxylic acids is 1. The number of ether oxygens (including phenoxy) is 2. The van der Waals surface area contributed by atoms with Crippen LogP contribution >= 0.6 is 7.82 Å². The zero-order chi connectivity index (χ0) is 47.1. The monoisotopic (exact) mass is 889 g/mol. The van der Waals surface area contributed by atoms with E-state index in [9.17, 15) is 34.9 Å². The Bertz CT molecular complexity index is 2340. The summed E-state index contributed by atoms with van der Waals surface area (Å²) < 4.78 is 26.5. The minimum absolute atomic E-state index is 0.198. The molecular formula is C50H52NO12P. The number of phosphoric ester groups is 1. The minimum Gasteiger partial charge on any atom is -0.390 e. The van der Waals surface area contributed by atoms with Gasteiger partial charge >= 0.3 is 7.82 Å². The van der Waals surface area contributed by atoms with Crippen LogP contribution in [0, 0.1) is 142 Å². The SMILES string of the molecule is CC#CC#CC#CC#CC#CC#CC#CC#CC#CC#CC#CC#CC(=O)N[C@@H](CO[C@H]1OC(COP(=O)(O)O)[C@H](O)[C@H](O)C1O)[C@H](O)[C@H](O)CCCCCCCCCCCCCC. The summed E-state index contributed by atoms with van der Waals surface area (Å²) >= 11 is 0. The Morgan fingerprint density at radius 2 is 1.02 bits per heavy atom. The molecule has 14 heteroatoms. The molecule has 8 N–H and O–H groups in total. The average Bonchev–Trinajstić information content (AvgIpc) is 3.27. The average molecular weight is 890 g/mol. The Hall–Kier alpha value is -5.98. The van der Waals surface area contributed by atoms with Gasteiger partial charge in [-0.15, -0.1) is 0 Å². The van der Waals surface area contributed by atoms with Crippen LogP contribution in [0.25, 0.3) is 0 Å². The summed E-state index contributed by atoms with van der Waals surface area (Å²) in [6, 6.07) is -1.34. The number of hydrogen-bond acceptors (Lipinski definition) is 10. The molecule has 2 unspecified atom stereocenters. The Labute approximate surface area is 378 Å². The Morgan fingerprint density at radius 1 is 0.609 bits per heavy atom. The number of aliphatic hydroxyl groups excluding tert-OH is 5. The number of phosphoric acid groups is 1. The lowest BCUT2D eigenvalue weighted by Crippen LogP contribution is -2.60. The molecule has 0 aromatic heterocycles. The van der Waals surface area contributed by atoms with E-state index < -0.39 is 75.9 Å². The van der Waals surface area contributed by atoms with Crippen molar-refractivity contribution in [2.75, 3.05) is 13.2 Å². The number of carbonyl (C=O) groups is 1. The molecule has 0 aromatic carbocycles. The molecule has 1 aliphatic heterocycles. The zero-order valence-electron chi connectivity index (χ0n) is 35.8. The molecule has 1 aliphatic rings. The van der Waals surface area contributed by atoms with E-state index >= 15 is 0 Å². The fourth-order valence-electron chi connectivity index (χ4n) is 5.40. The molecule has 1 amide bonds.